The summed E-state index contributed by atoms with van der Waals surface area (Å²) in [5.41, 5.74) is 2.51. The highest BCUT2D eigenvalue weighted by atomic mass is 32.2. The molecule has 1 fully saturated rings. The summed E-state index contributed by atoms with van der Waals surface area (Å²) in [6.45, 7) is 5.43. The SMILES string of the molecule is CCOc1ccc(N(CC(=O)NCc2ccc(CN3CCCC3)cc2)S(=O)(=O)c2ccc(OC)c(OC)c2)cc1. The van der Waals surface area contributed by atoms with Gasteiger partial charge in [-0.3, -0.25) is 14.0 Å². The molecule has 0 aliphatic carbocycles. The highest BCUT2D eigenvalue weighted by molar-refractivity contribution is 7.92. The van der Waals surface area contributed by atoms with E-state index in [4.69, 9.17) is 14.2 Å². The first kappa shape index (κ1) is 29.2. The van der Waals surface area contributed by atoms with Crippen molar-refractivity contribution in [3.63, 3.8) is 0 Å². The van der Waals surface area contributed by atoms with Crippen LogP contribution >= 0.6 is 0 Å². The molecule has 1 amide bonds. The van der Waals surface area contributed by atoms with E-state index in [2.05, 4.69) is 22.3 Å². The second-order valence-electron chi connectivity index (χ2n) is 9.53. The smallest absolute Gasteiger partial charge is 0.264 e. The van der Waals surface area contributed by atoms with Gasteiger partial charge in [0.1, 0.15) is 12.3 Å². The monoisotopic (exact) mass is 567 g/mol. The van der Waals surface area contributed by atoms with Crippen molar-refractivity contribution in [3.8, 4) is 17.2 Å². The molecule has 40 heavy (non-hydrogen) atoms. The average Bonchev–Trinajstić information content (AvgIpc) is 3.49. The molecule has 9 nitrogen and oxygen atoms in total. The Morgan fingerprint density at radius 1 is 0.900 bits per heavy atom. The minimum atomic E-state index is -4.14. The van der Waals surface area contributed by atoms with Crippen LogP contribution in [0.2, 0.25) is 0 Å². The maximum atomic E-state index is 13.8. The molecule has 1 heterocycles. The predicted molar refractivity (Wildman–Crippen MR) is 154 cm³/mol. The second kappa shape index (κ2) is 13.5. The first-order valence-electron chi connectivity index (χ1n) is 13.4. The van der Waals surface area contributed by atoms with Gasteiger partial charge in [0.2, 0.25) is 5.91 Å². The van der Waals surface area contributed by atoms with E-state index < -0.39 is 22.5 Å². The van der Waals surface area contributed by atoms with Crippen LogP contribution in [0.3, 0.4) is 0 Å². The summed E-state index contributed by atoms with van der Waals surface area (Å²) in [7, 11) is -1.23. The fourth-order valence-electron chi connectivity index (χ4n) is 4.64. The Bertz CT molecular complexity index is 1370. The molecule has 0 radical (unpaired) electrons. The van der Waals surface area contributed by atoms with E-state index in [0.29, 0.717) is 23.8 Å². The molecule has 1 N–H and O–H groups in total. The Hall–Kier alpha value is -3.76. The van der Waals surface area contributed by atoms with Crippen LogP contribution in [0.1, 0.15) is 30.9 Å². The van der Waals surface area contributed by atoms with Gasteiger partial charge in [0.15, 0.2) is 11.5 Å². The predicted octanol–water partition coefficient (Wildman–Crippen LogP) is 4.21. The van der Waals surface area contributed by atoms with Gasteiger partial charge in [-0.2, -0.15) is 0 Å². The largest absolute Gasteiger partial charge is 0.494 e. The minimum Gasteiger partial charge on any atom is -0.494 e. The number of carbonyl (C=O) groups is 1. The van der Waals surface area contributed by atoms with E-state index in [1.807, 2.05) is 19.1 Å². The quantitative estimate of drug-likeness (QED) is 0.331. The van der Waals surface area contributed by atoms with Crippen LogP contribution in [0, 0.1) is 0 Å². The molecule has 4 rings (SSSR count). The van der Waals surface area contributed by atoms with Gasteiger partial charge in [-0.1, -0.05) is 24.3 Å². The third-order valence-corrected chi connectivity index (χ3v) is 8.55. The maximum Gasteiger partial charge on any atom is 0.264 e. The summed E-state index contributed by atoms with van der Waals surface area (Å²) in [5.74, 6) is 0.845. The van der Waals surface area contributed by atoms with Crippen LogP contribution in [0.4, 0.5) is 5.69 Å². The van der Waals surface area contributed by atoms with Crippen molar-refractivity contribution in [2.24, 2.45) is 0 Å². The molecule has 0 spiro atoms. The van der Waals surface area contributed by atoms with Gasteiger partial charge >= 0.3 is 0 Å². The number of ether oxygens (including phenoxy) is 3. The fourth-order valence-corrected chi connectivity index (χ4v) is 6.08. The molecular weight excluding hydrogens is 530 g/mol. The zero-order valence-corrected chi connectivity index (χ0v) is 24.1. The molecule has 10 heteroatoms. The highest BCUT2D eigenvalue weighted by Gasteiger charge is 2.28. The van der Waals surface area contributed by atoms with Crippen LogP contribution < -0.4 is 23.8 Å². The first-order valence-corrected chi connectivity index (χ1v) is 14.8. The summed E-state index contributed by atoms with van der Waals surface area (Å²) in [5, 5.41) is 2.86. The number of rotatable bonds is 13. The molecule has 0 saturated carbocycles. The van der Waals surface area contributed by atoms with Crippen molar-refractivity contribution < 1.29 is 27.4 Å². The first-order chi connectivity index (χ1) is 19.3. The standard InChI is InChI=1S/C30H37N3O6S/c1-4-39-26-13-11-25(12-14-26)33(40(35,36)27-15-16-28(37-2)29(19-27)38-3)22-30(34)31-20-23-7-9-24(10-8-23)21-32-17-5-6-18-32/h7-16,19H,4-6,17-18,20-22H2,1-3H3,(H,31,34). The van der Waals surface area contributed by atoms with Gasteiger partial charge in [0.25, 0.3) is 10.0 Å². The van der Waals surface area contributed by atoms with Crippen LogP contribution in [0.15, 0.2) is 71.6 Å². The molecule has 0 atom stereocenters. The van der Waals surface area contributed by atoms with Crippen molar-refractivity contribution in [3.05, 3.63) is 77.9 Å². The molecule has 214 valence electrons. The number of amides is 1. The van der Waals surface area contributed by atoms with Gasteiger partial charge in [0.05, 0.1) is 31.4 Å². The molecule has 1 saturated heterocycles. The molecule has 3 aromatic carbocycles. The number of nitrogens with one attached hydrogen (secondary N) is 1. The second-order valence-corrected chi connectivity index (χ2v) is 11.4. The Kier molecular flexibility index (Phi) is 9.89. The third kappa shape index (κ3) is 7.25. The van der Waals surface area contributed by atoms with Crippen LogP contribution in [0.5, 0.6) is 17.2 Å². The van der Waals surface area contributed by atoms with Gasteiger partial charge in [-0.05, 0) is 80.4 Å². The summed E-state index contributed by atoms with van der Waals surface area (Å²) in [6, 6.07) is 19.1. The van der Waals surface area contributed by atoms with Crippen LogP contribution in [-0.4, -0.2) is 59.7 Å². The van der Waals surface area contributed by atoms with Gasteiger partial charge < -0.3 is 19.5 Å². The average molecular weight is 568 g/mol. The molecule has 3 aromatic rings. The zero-order chi connectivity index (χ0) is 28.5. The molecule has 0 aromatic heterocycles. The summed E-state index contributed by atoms with van der Waals surface area (Å²) in [6.07, 6.45) is 2.50. The van der Waals surface area contributed by atoms with Crippen LogP contribution in [0.25, 0.3) is 0 Å². The number of hydrogen-bond acceptors (Lipinski definition) is 7. The van der Waals surface area contributed by atoms with E-state index in [1.165, 1.54) is 50.8 Å². The molecule has 0 unspecified atom stereocenters. The number of nitrogens with zero attached hydrogens (tertiary/aromatic N) is 2. The lowest BCUT2D eigenvalue weighted by Crippen LogP contribution is -2.40. The van der Waals surface area contributed by atoms with E-state index in [0.717, 1.165) is 29.5 Å². The van der Waals surface area contributed by atoms with E-state index >= 15 is 0 Å². The number of methoxy groups -OCH3 is 2. The highest BCUT2D eigenvalue weighted by Crippen LogP contribution is 2.32. The maximum absolute atomic E-state index is 13.8. The lowest BCUT2D eigenvalue weighted by Gasteiger charge is -2.25. The van der Waals surface area contributed by atoms with Gasteiger partial charge in [0, 0.05) is 19.2 Å². The Labute approximate surface area is 236 Å². The van der Waals surface area contributed by atoms with E-state index in [9.17, 15) is 13.2 Å². The van der Waals surface area contributed by atoms with Crippen molar-refractivity contribution in [2.45, 2.75) is 37.8 Å². The van der Waals surface area contributed by atoms with Crippen LogP contribution in [-0.2, 0) is 27.9 Å². The lowest BCUT2D eigenvalue weighted by atomic mass is 10.1. The summed E-state index contributed by atoms with van der Waals surface area (Å²) >= 11 is 0. The van der Waals surface area contributed by atoms with Crippen molar-refractivity contribution in [1.29, 1.82) is 0 Å². The van der Waals surface area contributed by atoms with Crippen molar-refractivity contribution >= 4 is 21.6 Å². The molecule has 1 aliphatic rings. The Morgan fingerprint density at radius 3 is 2.17 bits per heavy atom. The van der Waals surface area contributed by atoms with E-state index in [1.54, 1.807) is 24.3 Å². The normalized spacial score (nSPS) is 13.6. The number of carbonyl (C=O) groups excluding carboxylic acids is 1. The summed E-state index contributed by atoms with van der Waals surface area (Å²) < 4.78 is 44.8. The molecule has 1 aliphatic heterocycles. The number of sulfonamides is 1. The third-order valence-electron chi connectivity index (χ3n) is 6.78. The molecule has 0 bridgehead atoms. The number of hydrogen-bond donors (Lipinski definition) is 1. The van der Waals surface area contributed by atoms with Crippen molar-refractivity contribution in [2.75, 3.05) is 44.8 Å². The number of anilines is 1. The minimum absolute atomic E-state index is 0.0274. The Morgan fingerprint density at radius 2 is 1.55 bits per heavy atom. The number of benzene rings is 3. The Balaban J connectivity index is 1.50. The molecular formula is C30H37N3O6S. The topological polar surface area (TPSA) is 97.4 Å². The number of likely N-dealkylation sites (tertiary alicyclic amines) is 1. The van der Waals surface area contributed by atoms with E-state index in [-0.39, 0.29) is 17.2 Å². The van der Waals surface area contributed by atoms with Crippen molar-refractivity contribution in [1.82, 2.24) is 10.2 Å². The van der Waals surface area contributed by atoms with Gasteiger partial charge in [-0.25, -0.2) is 8.42 Å². The zero-order valence-electron chi connectivity index (χ0n) is 23.3. The van der Waals surface area contributed by atoms with Gasteiger partial charge in [-0.15, -0.1) is 0 Å². The fraction of sp³-hybridized carbons (Fsp3) is 0.367. The summed E-state index contributed by atoms with van der Waals surface area (Å²) in [4.78, 5) is 15.5. The lowest BCUT2D eigenvalue weighted by molar-refractivity contribution is -0.119.